The average Bonchev–Trinajstić information content (AvgIpc) is 3.02. The van der Waals surface area contributed by atoms with Crippen molar-refractivity contribution in [1.29, 1.82) is 0 Å². The second-order valence-corrected chi connectivity index (χ2v) is 5.71. The van der Waals surface area contributed by atoms with Gasteiger partial charge in [-0.05, 0) is 37.1 Å². The summed E-state index contributed by atoms with van der Waals surface area (Å²) in [6.45, 7) is 2.80. The highest BCUT2D eigenvalue weighted by molar-refractivity contribution is 5.67. The molecule has 0 radical (unpaired) electrons. The van der Waals surface area contributed by atoms with Crippen LogP contribution in [0.3, 0.4) is 0 Å². The fraction of sp³-hybridized carbons (Fsp3) is 0.500. The topological polar surface area (TPSA) is 80.1 Å². The number of aromatic nitrogens is 3. The molecular formula is C16H23N5O. The van der Waals surface area contributed by atoms with Crippen LogP contribution in [0.5, 0.6) is 0 Å². The molecule has 6 heteroatoms. The van der Waals surface area contributed by atoms with E-state index in [1.54, 1.807) is 13.3 Å². The molecule has 1 aliphatic heterocycles. The van der Waals surface area contributed by atoms with Crippen molar-refractivity contribution in [2.24, 2.45) is 0 Å². The zero-order valence-electron chi connectivity index (χ0n) is 13.0. The molecule has 3 rings (SSSR count). The first-order valence-corrected chi connectivity index (χ1v) is 7.77. The Kier molecular flexibility index (Phi) is 4.70. The van der Waals surface area contributed by atoms with E-state index in [4.69, 9.17) is 10.5 Å². The molecule has 1 atom stereocenters. The molecule has 0 bridgehead atoms. The number of H-pyrrole nitrogens is 1. The molecule has 0 aromatic carbocycles. The van der Waals surface area contributed by atoms with Gasteiger partial charge in [0.25, 0.3) is 0 Å². The van der Waals surface area contributed by atoms with Gasteiger partial charge >= 0.3 is 0 Å². The normalized spacial score (nSPS) is 19.4. The summed E-state index contributed by atoms with van der Waals surface area (Å²) < 4.78 is 5.25. The molecule has 22 heavy (non-hydrogen) atoms. The van der Waals surface area contributed by atoms with Crippen molar-refractivity contribution >= 4 is 5.82 Å². The van der Waals surface area contributed by atoms with Crippen LogP contribution in [0.1, 0.15) is 31.0 Å². The Bertz CT molecular complexity index is 612. The maximum Gasteiger partial charge on any atom is 0.123 e. The van der Waals surface area contributed by atoms with Gasteiger partial charge in [0.15, 0.2) is 0 Å². The van der Waals surface area contributed by atoms with E-state index in [9.17, 15) is 0 Å². The molecule has 0 spiro atoms. The molecule has 0 aliphatic carbocycles. The van der Waals surface area contributed by atoms with Crippen molar-refractivity contribution in [3.05, 3.63) is 30.2 Å². The molecule has 1 saturated heterocycles. The van der Waals surface area contributed by atoms with Crippen molar-refractivity contribution in [2.75, 3.05) is 32.5 Å². The van der Waals surface area contributed by atoms with Gasteiger partial charge in [0, 0.05) is 25.4 Å². The number of likely N-dealkylation sites (tertiary alicyclic amines) is 1. The minimum Gasteiger partial charge on any atom is -0.384 e. The van der Waals surface area contributed by atoms with Crippen LogP contribution in [-0.2, 0) is 4.74 Å². The van der Waals surface area contributed by atoms with E-state index in [1.807, 2.05) is 18.3 Å². The number of ether oxygens (including phenoxy) is 1. The van der Waals surface area contributed by atoms with Gasteiger partial charge in [0.2, 0.25) is 0 Å². The maximum absolute atomic E-state index is 5.82. The first kappa shape index (κ1) is 15.0. The summed E-state index contributed by atoms with van der Waals surface area (Å²) in [5.41, 5.74) is 9.16. The van der Waals surface area contributed by atoms with E-state index in [1.165, 1.54) is 18.5 Å². The predicted octanol–water partition coefficient (Wildman–Crippen LogP) is 2.23. The average molecular weight is 301 g/mol. The Morgan fingerprint density at radius 1 is 1.45 bits per heavy atom. The van der Waals surface area contributed by atoms with E-state index in [2.05, 4.69) is 20.1 Å². The summed E-state index contributed by atoms with van der Waals surface area (Å²) in [6.07, 6.45) is 7.24. The molecular weight excluding hydrogens is 278 g/mol. The molecule has 1 fully saturated rings. The summed E-state index contributed by atoms with van der Waals surface area (Å²) in [4.78, 5) is 6.55. The van der Waals surface area contributed by atoms with E-state index < -0.39 is 0 Å². The fourth-order valence-corrected chi connectivity index (χ4v) is 3.19. The molecule has 0 unspecified atom stereocenters. The zero-order valence-corrected chi connectivity index (χ0v) is 13.0. The number of hydrogen-bond acceptors (Lipinski definition) is 5. The van der Waals surface area contributed by atoms with Gasteiger partial charge in [0.1, 0.15) is 5.82 Å². The van der Waals surface area contributed by atoms with Crippen LogP contribution in [0, 0.1) is 0 Å². The number of nitrogens with two attached hydrogens (primary N) is 1. The smallest absolute Gasteiger partial charge is 0.123 e. The third-order valence-electron chi connectivity index (χ3n) is 4.29. The number of nitrogens with zero attached hydrogens (tertiary/aromatic N) is 3. The molecule has 1 aliphatic rings. The van der Waals surface area contributed by atoms with Crippen LogP contribution >= 0.6 is 0 Å². The molecule has 0 saturated carbocycles. The lowest BCUT2D eigenvalue weighted by atomic mass is 9.95. The van der Waals surface area contributed by atoms with E-state index >= 15 is 0 Å². The van der Waals surface area contributed by atoms with Crippen LogP contribution in [-0.4, -0.2) is 46.9 Å². The van der Waals surface area contributed by atoms with Gasteiger partial charge in [-0.25, -0.2) is 4.98 Å². The van der Waals surface area contributed by atoms with Crippen molar-refractivity contribution < 1.29 is 4.74 Å². The first-order valence-electron chi connectivity index (χ1n) is 7.77. The first-order chi connectivity index (χ1) is 10.8. The number of nitrogen functional groups attached to an aromatic ring is 1. The Balaban J connectivity index is 1.89. The highest BCUT2D eigenvalue weighted by Crippen LogP contribution is 2.35. The largest absolute Gasteiger partial charge is 0.384 e. The zero-order chi connectivity index (χ0) is 15.4. The second kappa shape index (κ2) is 6.89. The third-order valence-corrected chi connectivity index (χ3v) is 4.29. The second-order valence-electron chi connectivity index (χ2n) is 5.71. The molecule has 3 N–H and O–H groups in total. The number of pyridine rings is 1. The molecule has 2 aromatic rings. The fourth-order valence-electron chi connectivity index (χ4n) is 3.19. The standard InChI is InChI=1S/C16H23N5O/c1-22-9-8-21-7-3-2-4-14(21)16-13(11-19-20-16)12-5-6-18-15(17)10-12/h5-6,10-11,14H,2-4,7-9H2,1H3,(H2,17,18)(H,19,20)/t14-/m0/s1. The number of rotatable bonds is 5. The number of methoxy groups -OCH3 is 1. The highest BCUT2D eigenvalue weighted by atomic mass is 16.5. The van der Waals surface area contributed by atoms with E-state index in [0.717, 1.165) is 37.2 Å². The summed E-state index contributed by atoms with van der Waals surface area (Å²) in [5.74, 6) is 0.532. The van der Waals surface area contributed by atoms with Crippen LogP contribution in [0.2, 0.25) is 0 Å². The van der Waals surface area contributed by atoms with Crippen molar-refractivity contribution in [2.45, 2.75) is 25.3 Å². The monoisotopic (exact) mass is 301 g/mol. The van der Waals surface area contributed by atoms with E-state index in [-0.39, 0.29) is 0 Å². The quantitative estimate of drug-likeness (QED) is 0.885. The SMILES string of the molecule is COCCN1CCCC[C@H]1c1[nH]ncc1-c1ccnc(N)c1. The Hall–Kier alpha value is -1.92. The van der Waals surface area contributed by atoms with Crippen LogP contribution in [0.25, 0.3) is 11.1 Å². The highest BCUT2D eigenvalue weighted by Gasteiger charge is 2.27. The molecule has 2 aromatic heterocycles. The summed E-state index contributed by atoms with van der Waals surface area (Å²) in [6, 6.07) is 4.24. The van der Waals surface area contributed by atoms with Gasteiger partial charge in [-0.2, -0.15) is 5.10 Å². The van der Waals surface area contributed by atoms with Crippen molar-refractivity contribution in [1.82, 2.24) is 20.1 Å². The van der Waals surface area contributed by atoms with Gasteiger partial charge in [-0.15, -0.1) is 0 Å². The van der Waals surface area contributed by atoms with Crippen LogP contribution < -0.4 is 5.73 Å². The predicted molar refractivity (Wildman–Crippen MR) is 86.3 cm³/mol. The minimum atomic E-state index is 0.357. The van der Waals surface area contributed by atoms with E-state index in [0.29, 0.717) is 11.9 Å². The number of nitrogens with one attached hydrogen (secondary N) is 1. The minimum absolute atomic E-state index is 0.357. The molecule has 6 nitrogen and oxygen atoms in total. The lowest BCUT2D eigenvalue weighted by Gasteiger charge is -2.35. The molecule has 0 amide bonds. The van der Waals surface area contributed by atoms with Gasteiger partial charge in [-0.1, -0.05) is 6.42 Å². The van der Waals surface area contributed by atoms with Crippen LogP contribution in [0.15, 0.2) is 24.5 Å². The molecule has 118 valence electrons. The Morgan fingerprint density at radius 3 is 3.18 bits per heavy atom. The lowest BCUT2D eigenvalue weighted by Crippen LogP contribution is -2.36. The number of piperidine rings is 1. The van der Waals surface area contributed by atoms with Crippen LogP contribution in [0.4, 0.5) is 5.82 Å². The van der Waals surface area contributed by atoms with Gasteiger partial charge < -0.3 is 10.5 Å². The summed E-state index contributed by atoms with van der Waals surface area (Å²) in [5, 5.41) is 7.48. The number of aromatic amines is 1. The maximum atomic E-state index is 5.82. The van der Waals surface area contributed by atoms with Crippen molar-refractivity contribution in [3.63, 3.8) is 0 Å². The Morgan fingerprint density at radius 2 is 2.36 bits per heavy atom. The lowest BCUT2D eigenvalue weighted by molar-refractivity contribution is 0.0944. The summed E-state index contributed by atoms with van der Waals surface area (Å²) >= 11 is 0. The van der Waals surface area contributed by atoms with Crippen molar-refractivity contribution in [3.8, 4) is 11.1 Å². The molecule has 3 heterocycles. The summed E-state index contributed by atoms with van der Waals surface area (Å²) in [7, 11) is 1.75. The number of hydrogen-bond donors (Lipinski definition) is 2. The van der Waals surface area contributed by atoms with Gasteiger partial charge in [-0.3, -0.25) is 10.00 Å². The van der Waals surface area contributed by atoms with Gasteiger partial charge in [0.05, 0.1) is 24.5 Å². The third kappa shape index (κ3) is 3.13. The number of anilines is 1. The Labute approximate surface area is 130 Å².